The van der Waals surface area contributed by atoms with E-state index in [1.54, 1.807) is 0 Å². The van der Waals surface area contributed by atoms with Gasteiger partial charge in [0.15, 0.2) is 6.10 Å². The number of carbonyl (C=O) groups excluding carboxylic acids is 2. The van der Waals surface area contributed by atoms with E-state index in [0.29, 0.717) is 0 Å². The van der Waals surface area contributed by atoms with E-state index in [2.05, 4.69) is 13.0 Å². The van der Waals surface area contributed by atoms with Crippen LogP contribution in [0, 0.1) is 17.3 Å². The molecule has 128 valence electrons. The van der Waals surface area contributed by atoms with E-state index in [1.165, 1.54) is 14.0 Å². The molecule has 1 saturated carbocycles. The van der Waals surface area contributed by atoms with Gasteiger partial charge in [0.1, 0.15) is 11.2 Å². The van der Waals surface area contributed by atoms with Gasteiger partial charge in [0.2, 0.25) is 0 Å². The highest BCUT2D eigenvalue weighted by Crippen LogP contribution is 2.70. The first-order valence-electron chi connectivity index (χ1n) is 8.34. The van der Waals surface area contributed by atoms with Gasteiger partial charge in [-0.05, 0) is 38.2 Å². The third kappa shape index (κ3) is 2.16. The molecular weight excluding hydrogens is 296 g/mol. The molecule has 0 amide bonds. The Bertz CT molecular complexity index is 570. The highest BCUT2D eigenvalue weighted by Gasteiger charge is 2.80. The summed E-state index contributed by atoms with van der Waals surface area (Å²) in [5.74, 6) is -0.391. The van der Waals surface area contributed by atoms with E-state index < -0.39 is 5.60 Å². The minimum atomic E-state index is -0.503. The van der Waals surface area contributed by atoms with Crippen LogP contribution in [0.25, 0.3) is 0 Å². The molecule has 0 radical (unpaired) electrons. The topological polar surface area (TPSA) is 65.1 Å². The van der Waals surface area contributed by atoms with E-state index in [9.17, 15) is 9.59 Å². The molecule has 0 aromatic heterocycles. The van der Waals surface area contributed by atoms with Crippen LogP contribution in [-0.2, 0) is 23.8 Å². The number of rotatable bonds is 3. The van der Waals surface area contributed by atoms with Crippen molar-refractivity contribution in [1.29, 1.82) is 0 Å². The summed E-state index contributed by atoms with van der Waals surface area (Å²) >= 11 is 0. The van der Waals surface area contributed by atoms with Gasteiger partial charge < -0.3 is 14.2 Å². The minimum absolute atomic E-state index is 0.0786. The molecule has 2 aliphatic carbocycles. The summed E-state index contributed by atoms with van der Waals surface area (Å²) in [5, 5.41) is 0. The normalized spacial score (nSPS) is 45.4. The van der Waals surface area contributed by atoms with E-state index in [-0.39, 0.29) is 40.9 Å². The lowest BCUT2D eigenvalue weighted by atomic mass is 9.55. The molecule has 0 bridgehead atoms. The van der Waals surface area contributed by atoms with Crippen molar-refractivity contribution in [2.75, 3.05) is 7.11 Å². The lowest BCUT2D eigenvalue weighted by Gasteiger charge is -2.46. The van der Waals surface area contributed by atoms with Crippen molar-refractivity contribution in [3.05, 3.63) is 12.2 Å². The molecule has 0 aromatic rings. The highest BCUT2D eigenvalue weighted by atomic mass is 16.7. The van der Waals surface area contributed by atoms with Crippen LogP contribution in [0.4, 0.5) is 0 Å². The Balaban J connectivity index is 1.87. The van der Waals surface area contributed by atoms with Gasteiger partial charge in [-0.3, -0.25) is 9.59 Å². The molecule has 5 nitrogen and oxygen atoms in total. The van der Waals surface area contributed by atoms with Gasteiger partial charge in [-0.1, -0.05) is 19.9 Å². The summed E-state index contributed by atoms with van der Waals surface area (Å²) in [5.41, 5.74) is -0.943. The Morgan fingerprint density at radius 2 is 2.04 bits per heavy atom. The van der Waals surface area contributed by atoms with Crippen LogP contribution in [0.15, 0.2) is 12.2 Å². The minimum Gasteiger partial charge on any atom is -0.469 e. The molecule has 1 spiro atoms. The Kier molecular flexibility index (Phi) is 3.63. The van der Waals surface area contributed by atoms with Crippen molar-refractivity contribution in [2.45, 2.75) is 64.3 Å². The van der Waals surface area contributed by atoms with Gasteiger partial charge in [-0.25, -0.2) is 0 Å². The fourth-order valence-electron chi connectivity index (χ4n) is 4.78. The Hall–Kier alpha value is -1.36. The summed E-state index contributed by atoms with van der Waals surface area (Å²) < 4.78 is 16.6. The standard InChI is InChI=1S/C18H26O5/c1-11(15(20)21-5)13-6-8-16(3)9-7-14(22-12(2)19)17(4)18(16,10-13)23-17/h7,9,11,13-14H,6,8,10H2,1-5H3/t11-,13+,14+,16-,17+,18-/m0/s1. The van der Waals surface area contributed by atoms with Crippen LogP contribution in [0.1, 0.15) is 47.0 Å². The number of esters is 2. The molecule has 6 atom stereocenters. The molecule has 1 heterocycles. The van der Waals surface area contributed by atoms with Crippen LogP contribution in [0.3, 0.4) is 0 Å². The summed E-state index contributed by atoms with van der Waals surface area (Å²) in [6.45, 7) is 7.58. The Labute approximate surface area is 137 Å². The molecule has 1 aliphatic heterocycles. The zero-order valence-electron chi connectivity index (χ0n) is 14.5. The number of methoxy groups -OCH3 is 1. The van der Waals surface area contributed by atoms with Gasteiger partial charge in [0.25, 0.3) is 0 Å². The van der Waals surface area contributed by atoms with Crippen molar-refractivity contribution in [3.63, 3.8) is 0 Å². The average molecular weight is 322 g/mol. The first-order valence-corrected chi connectivity index (χ1v) is 8.34. The molecule has 1 saturated heterocycles. The van der Waals surface area contributed by atoms with E-state index in [1.807, 2.05) is 19.9 Å². The van der Waals surface area contributed by atoms with Crippen LogP contribution < -0.4 is 0 Å². The molecule has 3 rings (SSSR count). The van der Waals surface area contributed by atoms with Crippen LogP contribution >= 0.6 is 0 Å². The van der Waals surface area contributed by atoms with Gasteiger partial charge in [0, 0.05) is 12.3 Å². The maximum absolute atomic E-state index is 11.9. The quantitative estimate of drug-likeness (QED) is 0.454. The molecule has 3 aliphatic rings. The average Bonchev–Trinajstić information content (AvgIpc) is 3.13. The number of ether oxygens (including phenoxy) is 3. The van der Waals surface area contributed by atoms with E-state index in [4.69, 9.17) is 14.2 Å². The molecule has 0 unspecified atom stereocenters. The van der Waals surface area contributed by atoms with E-state index >= 15 is 0 Å². The van der Waals surface area contributed by atoms with Crippen molar-refractivity contribution in [1.82, 2.24) is 0 Å². The van der Waals surface area contributed by atoms with Crippen LogP contribution in [-0.4, -0.2) is 36.4 Å². The molecule has 5 heteroatoms. The third-order valence-corrected chi connectivity index (χ3v) is 6.41. The van der Waals surface area contributed by atoms with Crippen molar-refractivity contribution in [2.24, 2.45) is 17.3 Å². The predicted octanol–water partition coefficient (Wildman–Crippen LogP) is 2.63. The lowest BCUT2D eigenvalue weighted by molar-refractivity contribution is -0.148. The maximum Gasteiger partial charge on any atom is 0.308 e. The second kappa shape index (κ2) is 5.07. The van der Waals surface area contributed by atoms with Gasteiger partial charge >= 0.3 is 11.9 Å². The fraction of sp³-hybridized carbons (Fsp3) is 0.778. The Morgan fingerprint density at radius 1 is 1.35 bits per heavy atom. The predicted molar refractivity (Wildman–Crippen MR) is 83.5 cm³/mol. The number of hydrogen-bond donors (Lipinski definition) is 0. The maximum atomic E-state index is 11.9. The SMILES string of the molecule is COC(=O)[C@@H](C)[C@@H]1CC[C@@]2(C)C=C[C@@H](OC(C)=O)[C@@]3(C)O[C@@]23C1. The van der Waals surface area contributed by atoms with Crippen molar-refractivity contribution >= 4 is 11.9 Å². The van der Waals surface area contributed by atoms with Crippen molar-refractivity contribution in [3.8, 4) is 0 Å². The second-order valence-corrected chi connectivity index (χ2v) is 7.66. The summed E-state index contributed by atoms with van der Waals surface area (Å²) in [4.78, 5) is 23.3. The number of carbonyl (C=O) groups is 2. The zero-order chi connectivity index (χ0) is 17.0. The largest absolute Gasteiger partial charge is 0.469 e. The van der Waals surface area contributed by atoms with Gasteiger partial charge in [-0.2, -0.15) is 0 Å². The van der Waals surface area contributed by atoms with Gasteiger partial charge in [0.05, 0.1) is 13.0 Å². The number of hydrogen-bond acceptors (Lipinski definition) is 5. The van der Waals surface area contributed by atoms with Crippen LogP contribution in [0.2, 0.25) is 0 Å². The first-order chi connectivity index (χ1) is 10.7. The fourth-order valence-corrected chi connectivity index (χ4v) is 4.78. The summed E-state index contributed by atoms with van der Waals surface area (Å²) in [7, 11) is 1.43. The van der Waals surface area contributed by atoms with Crippen molar-refractivity contribution < 1.29 is 23.8 Å². The van der Waals surface area contributed by atoms with E-state index in [0.717, 1.165) is 19.3 Å². The molecule has 0 N–H and O–H groups in total. The molecule has 2 fully saturated rings. The van der Waals surface area contributed by atoms with Crippen LogP contribution in [0.5, 0.6) is 0 Å². The molecule has 23 heavy (non-hydrogen) atoms. The second-order valence-electron chi connectivity index (χ2n) is 7.66. The lowest BCUT2D eigenvalue weighted by Crippen LogP contribution is -2.52. The highest BCUT2D eigenvalue weighted by molar-refractivity contribution is 5.72. The molecular formula is C18H26O5. The Morgan fingerprint density at radius 3 is 2.65 bits per heavy atom. The zero-order valence-corrected chi connectivity index (χ0v) is 14.5. The summed E-state index contributed by atoms with van der Waals surface area (Å²) in [6, 6.07) is 0. The third-order valence-electron chi connectivity index (χ3n) is 6.41. The number of epoxide rings is 1. The summed E-state index contributed by atoms with van der Waals surface area (Å²) in [6.07, 6.45) is 6.47. The molecule has 0 aromatic carbocycles. The first kappa shape index (κ1) is 16.5. The van der Waals surface area contributed by atoms with Gasteiger partial charge in [-0.15, -0.1) is 0 Å². The smallest absolute Gasteiger partial charge is 0.308 e. The monoisotopic (exact) mass is 322 g/mol.